The Bertz CT molecular complexity index is 1220. The van der Waals surface area contributed by atoms with E-state index in [1.54, 1.807) is 19.2 Å². The topological polar surface area (TPSA) is 95.8 Å². The Morgan fingerprint density at radius 2 is 1.91 bits per heavy atom. The number of nitrogens with one attached hydrogen (secondary N) is 1. The van der Waals surface area contributed by atoms with Gasteiger partial charge in [0.1, 0.15) is 6.07 Å². The normalized spacial score (nSPS) is 14.5. The van der Waals surface area contributed by atoms with Gasteiger partial charge in [0.2, 0.25) is 5.88 Å². The molecule has 3 heterocycles. The third-order valence-corrected chi connectivity index (χ3v) is 6.32. The van der Waals surface area contributed by atoms with Gasteiger partial charge in [-0.3, -0.25) is 4.98 Å². The first kappa shape index (κ1) is 24.8. The number of benzene rings is 1. The number of methoxy groups -OCH3 is 2. The predicted molar refractivity (Wildman–Crippen MR) is 136 cm³/mol. The van der Waals surface area contributed by atoms with E-state index < -0.39 is 0 Å². The van der Waals surface area contributed by atoms with Crippen LogP contribution in [0.15, 0.2) is 30.5 Å². The van der Waals surface area contributed by atoms with Crippen molar-refractivity contribution in [2.24, 2.45) is 0 Å². The molecule has 0 amide bonds. The van der Waals surface area contributed by atoms with Crippen molar-refractivity contribution in [2.45, 2.75) is 6.42 Å². The lowest BCUT2D eigenvalue weighted by Gasteiger charge is -2.32. The molecule has 0 radical (unpaired) electrons. The molecule has 1 N–H and O–H groups in total. The summed E-state index contributed by atoms with van der Waals surface area (Å²) in [5, 5.41) is 14.0. The Labute approximate surface area is 210 Å². The van der Waals surface area contributed by atoms with Crippen molar-refractivity contribution in [3.05, 3.63) is 41.0 Å². The van der Waals surface area contributed by atoms with Gasteiger partial charge in [-0.2, -0.15) is 10.2 Å². The van der Waals surface area contributed by atoms with E-state index in [0.717, 1.165) is 39.1 Å². The molecule has 3 aromatic rings. The third-order valence-electron chi connectivity index (χ3n) is 6.02. The molecular formula is C25H29ClN6O3. The van der Waals surface area contributed by atoms with E-state index in [9.17, 15) is 5.26 Å². The van der Waals surface area contributed by atoms with Crippen molar-refractivity contribution < 1.29 is 14.2 Å². The summed E-state index contributed by atoms with van der Waals surface area (Å²) in [4.78, 5) is 13.6. The molecule has 1 fully saturated rings. The number of ether oxygens (including phenoxy) is 3. The van der Waals surface area contributed by atoms with Gasteiger partial charge in [0.15, 0.2) is 17.3 Å². The minimum Gasteiger partial charge on any atom is -0.493 e. The smallest absolute Gasteiger partial charge is 0.214 e. The molecule has 35 heavy (non-hydrogen) atoms. The highest BCUT2D eigenvalue weighted by Crippen LogP contribution is 2.38. The lowest BCUT2D eigenvalue weighted by molar-refractivity contribution is 0.145. The molecule has 0 aliphatic carbocycles. The van der Waals surface area contributed by atoms with E-state index in [-0.39, 0.29) is 0 Å². The SMILES string of the molecule is COc1ccc(Cl)c(Nc2c(C#N)cnc3cc(OCCCN4CCN(C)CC4)c(OC)cc23)n1. The lowest BCUT2D eigenvalue weighted by Crippen LogP contribution is -2.44. The largest absolute Gasteiger partial charge is 0.493 e. The molecule has 0 atom stereocenters. The lowest BCUT2D eigenvalue weighted by atomic mass is 10.1. The molecule has 0 saturated carbocycles. The van der Waals surface area contributed by atoms with Crippen LogP contribution in [-0.4, -0.2) is 80.4 Å². The molecule has 4 rings (SSSR count). The number of rotatable bonds is 9. The average molecular weight is 497 g/mol. The summed E-state index contributed by atoms with van der Waals surface area (Å²) in [7, 11) is 5.27. The van der Waals surface area contributed by atoms with E-state index >= 15 is 0 Å². The highest BCUT2D eigenvalue weighted by atomic mass is 35.5. The summed E-state index contributed by atoms with van der Waals surface area (Å²) in [6.07, 6.45) is 2.43. The molecule has 1 aliphatic heterocycles. The minimum absolute atomic E-state index is 0.348. The van der Waals surface area contributed by atoms with Gasteiger partial charge in [-0.15, -0.1) is 0 Å². The zero-order valence-corrected chi connectivity index (χ0v) is 20.9. The van der Waals surface area contributed by atoms with Gasteiger partial charge in [0.25, 0.3) is 0 Å². The second kappa shape index (κ2) is 11.4. The van der Waals surface area contributed by atoms with E-state index in [1.807, 2.05) is 12.1 Å². The maximum Gasteiger partial charge on any atom is 0.214 e. The van der Waals surface area contributed by atoms with Crippen LogP contribution in [0, 0.1) is 11.3 Å². The van der Waals surface area contributed by atoms with Gasteiger partial charge >= 0.3 is 0 Å². The second-order valence-corrected chi connectivity index (χ2v) is 8.74. The standard InChI is InChI=1S/C25H29ClN6O3/c1-31-8-10-32(11-9-31)7-4-12-35-22-14-20-18(13-21(22)33-2)24(17(15-27)16-28-20)30-25-19(26)5-6-23(29-25)34-3/h5-6,13-14,16H,4,7-12H2,1-3H3,(H,28,29,30). The molecule has 0 unspecified atom stereocenters. The van der Waals surface area contributed by atoms with Crippen molar-refractivity contribution >= 4 is 34.0 Å². The first-order chi connectivity index (χ1) is 17.0. The maximum absolute atomic E-state index is 9.70. The van der Waals surface area contributed by atoms with Crippen LogP contribution in [0.4, 0.5) is 11.5 Å². The Kier molecular flexibility index (Phi) is 8.08. The summed E-state index contributed by atoms with van der Waals surface area (Å²) < 4.78 is 16.9. The van der Waals surface area contributed by atoms with Gasteiger partial charge in [0, 0.05) is 56.4 Å². The fourth-order valence-corrected chi connectivity index (χ4v) is 4.13. The Balaban J connectivity index is 1.56. The van der Waals surface area contributed by atoms with E-state index in [4.69, 9.17) is 25.8 Å². The van der Waals surface area contributed by atoms with Crippen LogP contribution in [0.5, 0.6) is 17.4 Å². The molecule has 1 saturated heterocycles. The van der Waals surface area contributed by atoms with Crippen LogP contribution >= 0.6 is 11.6 Å². The summed E-state index contributed by atoms with van der Waals surface area (Å²) >= 11 is 6.34. The zero-order valence-electron chi connectivity index (χ0n) is 20.2. The molecule has 184 valence electrons. The van der Waals surface area contributed by atoms with Crippen LogP contribution < -0.4 is 19.5 Å². The fourth-order valence-electron chi connectivity index (χ4n) is 3.98. The van der Waals surface area contributed by atoms with Crippen LogP contribution in [-0.2, 0) is 0 Å². The Morgan fingerprint density at radius 3 is 2.63 bits per heavy atom. The highest BCUT2D eigenvalue weighted by molar-refractivity contribution is 6.33. The molecule has 0 spiro atoms. The van der Waals surface area contributed by atoms with Crippen molar-refractivity contribution in [1.29, 1.82) is 5.26 Å². The molecular weight excluding hydrogens is 468 g/mol. The first-order valence-electron chi connectivity index (χ1n) is 11.4. The number of likely N-dealkylation sites (N-methyl/N-ethyl adjacent to an activating group) is 1. The second-order valence-electron chi connectivity index (χ2n) is 8.33. The summed E-state index contributed by atoms with van der Waals surface area (Å²) in [6, 6.07) is 9.17. The monoisotopic (exact) mass is 496 g/mol. The number of fused-ring (bicyclic) bond motifs is 1. The van der Waals surface area contributed by atoms with E-state index in [2.05, 4.69) is 38.2 Å². The summed E-state index contributed by atoms with van der Waals surface area (Å²) in [5.41, 5.74) is 1.53. The minimum atomic E-state index is 0.348. The number of halogens is 1. The Hall–Kier alpha value is -3.32. The molecule has 1 aliphatic rings. The fraction of sp³-hybridized carbons (Fsp3) is 0.400. The van der Waals surface area contributed by atoms with Crippen molar-refractivity contribution in [1.82, 2.24) is 19.8 Å². The number of nitriles is 1. The van der Waals surface area contributed by atoms with Crippen LogP contribution in [0.1, 0.15) is 12.0 Å². The predicted octanol–water partition coefficient (Wildman–Crippen LogP) is 3.93. The first-order valence-corrected chi connectivity index (χ1v) is 11.8. The van der Waals surface area contributed by atoms with Gasteiger partial charge in [0.05, 0.1) is 42.6 Å². The molecule has 2 aromatic heterocycles. The van der Waals surface area contributed by atoms with Crippen LogP contribution in [0.3, 0.4) is 0 Å². The van der Waals surface area contributed by atoms with Crippen molar-refractivity contribution in [3.8, 4) is 23.4 Å². The van der Waals surface area contributed by atoms with Crippen molar-refractivity contribution in [2.75, 3.05) is 65.9 Å². The molecule has 1 aromatic carbocycles. The number of pyridine rings is 2. The van der Waals surface area contributed by atoms with Gasteiger partial charge in [-0.1, -0.05) is 11.6 Å². The maximum atomic E-state index is 9.70. The number of hydrogen-bond acceptors (Lipinski definition) is 9. The van der Waals surface area contributed by atoms with Crippen LogP contribution in [0.2, 0.25) is 5.02 Å². The highest BCUT2D eigenvalue weighted by Gasteiger charge is 2.17. The van der Waals surface area contributed by atoms with Gasteiger partial charge < -0.3 is 29.3 Å². The number of nitrogens with zero attached hydrogens (tertiary/aromatic N) is 5. The Morgan fingerprint density at radius 1 is 1.11 bits per heavy atom. The van der Waals surface area contributed by atoms with E-state index in [1.165, 1.54) is 13.3 Å². The summed E-state index contributed by atoms with van der Waals surface area (Å²) in [5.74, 6) is 1.94. The molecule has 0 bridgehead atoms. The number of aromatic nitrogens is 2. The molecule has 10 heteroatoms. The summed E-state index contributed by atoms with van der Waals surface area (Å²) in [6.45, 7) is 5.94. The van der Waals surface area contributed by atoms with Gasteiger partial charge in [-0.05, 0) is 25.6 Å². The zero-order chi connectivity index (χ0) is 24.8. The van der Waals surface area contributed by atoms with Gasteiger partial charge in [-0.25, -0.2) is 0 Å². The van der Waals surface area contributed by atoms with Crippen molar-refractivity contribution in [3.63, 3.8) is 0 Å². The quantitative estimate of drug-likeness (QED) is 0.442. The molecule has 9 nitrogen and oxygen atoms in total. The number of hydrogen-bond donors (Lipinski definition) is 1. The average Bonchev–Trinajstić information content (AvgIpc) is 2.88. The number of piperazine rings is 1. The third kappa shape index (κ3) is 5.85. The van der Waals surface area contributed by atoms with Crippen LogP contribution in [0.25, 0.3) is 10.9 Å². The number of anilines is 2. The van der Waals surface area contributed by atoms with E-state index in [0.29, 0.717) is 57.0 Å².